The Morgan fingerprint density at radius 1 is 1.19 bits per heavy atom. The van der Waals surface area contributed by atoms with Gasteiger partial charge in [0.15, 0.2) is 17.1 Å². The summed E-state index contributed by atoms with van der Waals surface area (Å²) in [5.74, 6) is 1.90. The largest absolute Gasteiger partial charge is 0.491 e. The fourth-order valence-electron chi connectivity index (χ4n) is 6.31. The van der Waals surface area contributed by atoms with Crippen molar-refractivity contribution in [2.24, 2.45) is 10.8 Å². The predicted molar refractivity (Wildman–Crippen MR) is 129 cm³/mol. The number of rotatable bonds is 7. The number of hydrogen-bond acceptors (Lipinski definition) is 10. The lowest BCUT2D eigenvalue weighted by molar-refractivity contribution is -0.177. The van der Waals surface area contributed by atoms with Crippen LogP contribution >= 0.6 is 0 Å². The van der Waals surface area contributed by atoms with Gasteiger partial charge in [-0.3, -0.25) is 9.88 Å². The lowest BCUT2D eigenvalue weighted by Gasteiger charge is -2.68. The van der Waals surface area contributed by atoms with E-state index in [0.717, 1.165) is 56.7 Å². The number of nitriles is 1. The minimum absolute atomic E-state index is 0.0112. The van der Waals surface area contributed by atoms with Crippen molar-refractivity contribution in [2.75, 3.05) is 20.2 Å². The molecule has 37 heavy (non-hydrogen) atoms. The Kier molecular flexibility index (Phi) is 4.78. The second kappa shape index (κ2) is 7.98. The maximum Gasteiger partial charge on any atom is 0.275 e. The Bertz CT molecular complexity index is 1550. The van der Waals surface area contributed by atoms with Gasteiger partial charge in [0.1, 0.15) is 12.4 Å². The van der Waals surface area contributed by atoms with Gasteiger partial charge >= 0.3 is 0 Å². The molecule has 4 aromatic rings. The third-order valence-electron chi connectivity index (χ3n) is 7.88. The van der Waals surface area contributed by atoms with E-state index in [-0.39, 0.29) is 12.0 Å². The second-order valence-corrected chi connectivity index (χ2v) is 10.7. The third kappa shape index (κ3) is 3.62. The molecule has 0 unspecified atom stereocenters. The van der Waals surface area contributed by atoms with Gasteiger partial charge in [0.05, 0.1) is 24.3 Å². The van der Waals surface area contributed by atoms with E-state index in [2.05, 4.69) is 37.5 Å². The second-order valence-electron chi connectivity index (χ2n) is 10.7. The van der Waals surface area contributed by atoms with Crippen molar-refractivity contribution in [3.05, 3.63) is 47.0 Å². The summed E-state index contributed by atoms with van der Waals surface area (Å²) in [4.78, 5) is 7.41. The van der Waals surface area contributed by atoms with Crippen molar-refractivity contribution in [2.45, 2.75) is 45.8 Å². The van der Waals surface area contributed by atoms with Gasteiger partial charge in [-0.25, -0.2) is 0 Å². The molecule has 0 N–H and O–H groups in total. The summed E-state index contributed by atoms with van der Waals surface area (Å²) < 4.78 is 18.3. The number of fused-ring (bicyclic) bond motifs is 2. The zero-order valence-electron chi connectivity index (χ0n) is 20.8. The molecule has 0 amide bonds. The molecule has 1 aliphatic heterocycles. The van der Waals surface area contributed by atoms with Gasteiger partial charge in [0.2, 0.25) is 5.82 Å². The molecule has 5 heterocycles. The van der Waals surface area contributed by atoms with Crippen LogP contribution in [0, 0.1) is 29.1 Å². The van der Waals surface area contributed by atoms with E-state index in [1.165, 1.54) is 5.56 Å². The summed E-state index contributed by atoms with van der Waals surface area (Å²) in [5, 5.41) is 26.3. The summed E-state index contributed by atoms with van der Waals surface area (Å²) in [7, 11) is 1.56. The van der Waals surface area contributed by atoms with Crippen molar-refractivity contribution < 1.29 is 14.0 Å². The molecule has 0 spiro atoms. The molecule has 0 radical (unpaired) electrons. The third-order valence-corrected chi connectivity index (χ3v) is 7.88. The standard InChI is InChI=1S/C26H26N8O3/c1-16-7-20(32-37-16)23-30-29-22-8-21(35-2)24(31-34(22)23)36-10-18-4-3-17-9-33(6-5-19(17)28-18)15-26-11-25(12-26,13-26)14-27/h3-4,7-8H,5-6,9-13,15H2,1-2H3. The minimum atomic E-state index is 0.0112. The van der Waals surface area contributed by atoms with E-state index in [0.29, 0.717) is 40.0 Å². The molecule has 2 bridgehead atoms. The molecular formula is C26H26N8O3. The maximum atomic E-state index is 9.30. The van der Waals surface area contributed by atoms with E-state index in [4.69, 9.17) is 19.0 Å². The lowest BCUT2D eigenvalue weighted by atomic mass is 9.35. The quantitative estimate of drug-likeness (QED) is 0.375. The van der Waals surface area contributed by atoms with Crippen molar-refractivity contribution in [1.29, 1.82) is 5.26 Å². The van der Waals surface area contributed by atoms with Crippen LogP contribution in [0.2, 0.25) is 0 Å². The highest BCUT2D eigenvalue weighted by atomic mass is 16.5. The van der Waals surface area contributed by atoms with Crippen molar-refractivity contribution in [3.8, 4) is 29.2 Å². The van der Waals surface area contributed by atoms with Crippen LogP contribution in [-0.4, -0.2) is 55.1 Å². The summed E-state index contributed by atoms with van der Waals surface area (Å²) >= 11 is 0. The predicted octanol–water partition coefficient (Wildman–Crippen LogP) is 3.12. The number of ether oxygens (including phenoxy) is 2. The van der Waals surface area contributed by atoms with Crippen molar-refractivity contribution in [1.82, 2.24) is 34.9 Å². The SMILES string of the molecule is COc1cc2nnc(-c3cc(C)on3)n2nc1OCc1ccc2c(n1)CCN(CC13CC(C#N)(C1)C3)C2. The molecule has 0 aromatic carbocycles. The first-order valence-corrected chi connectivity index (χ1v) is 12.5. The number of aromatic nitrogens is 6. The van der Waals surface area contributed by atoms with Gasteiger partial charge in [-0.2, -0.15) is 9.78 Å². The Balaban J connectivity index is 1.05. The normalized spacial score (nSPS) is 24.1. The van der Waals surface area contributed by atoms with Crippen molar-refractivity contribution in [3.63, 3.8) is 0 Å². The molecule has 11 heteroatoms. The first-order valence-electron chi connectivity index (χ1n) is 12.5. The number of methoxy groups -OCH3 is 1. The number of nitrogens with zero attached hydrogens (tertiary/aromatic N) is 8. The molecule has 11 nitrogen and oxygen atoms in total. The molecule has 0 saturated heterocycles. The smallest absolute Gasteiger partial charge is 0.275 e. The van der Waals surface area contributed by atoms with E-state index in [1.54, 1.807) is 23.8 Å². The Morgan fingerprint density at radius 3 is 2.81 bits per heavy atom. The van der Waals surface area contributed by atoms with Gasteiger partial charge in [-0.05, 0) is 43.2 Å². The average Bonchev–Trinajstić information content (AvgIpc) is 3.48. The van der Waals surface area contributed by atoms with Crippen LogP contribution in [0.4, 0.5) is 0 Å². The number of hydrogen-bond donors (Lipinski definition) is 0. The van der Waals surface area contributed by atoms with Crippen LogP contribution in [0.5, 0.6) is 11.6 Å². The van der Waals surface area contributed by atoms with Crippen molar-refractivity contribution >= 4 is 5.65 Å². The van der Waals surface area contributed by atoms with E-state index in [1.807, 2.05) is 13.0 Å². The zero-order valence-corrected chi connectivity index (χ0v) is 20.8. The summed E-state index contributed by atoms with van der Waals surface area (Å²) in [5.41, 5.74) is 4.68. The maximum absolute atomic E-state index is 9.30. The van der Waals surface area contributed by atoms with Crippen LogP contribution in [0.3, 0.4) is 0 Å². The number of pyridine rings is 1. The Labute approximate surface area is 213 Å². The summed E-state index contributed by atoms with van der Waals surface area (Å²) in [6.07, 6.45) is 4.14. The van der Waals surface area contributed by atoms with E-state index in [9.17, 15) is 5.26 Å². The fraction of sp³-hybridized carbons (Fsp3) is 0.462. The molecular weight excluding hydrogens is 472 g/mol. The van der Waals surface area contributed by atoms with Crippen LogP contribution < -0.4 is 9.47 Å². The molecule has 3 saturated carbocycles. The van der Waals surface area contributed by atoms with Crippen LogP contribution in [0.1, 0.15) is 42.0 Å². The fourth-order valence-corrected chi connectivity index (χ4v) is 6.31. The van der Waals surface area contributed by atoms with Gasteiger partial charge in [0.25, 0.3) is 5.88 Å². The molecule has 3 fully saturated rings. The van der Waals surface area contributed by atoms with Gasteiger partial charge < -0.3 is 14.0 Å². The molecule has 0 atom stereocenters. The summed E-state index contributed by atoms with van der Waals surface area (Å²) in [6.45, 7) is 5.07. The van der Waals surface area contributed by atoms with E-state index >= 15 is 0 Å². The van der Waals surface area contributed by atoms with Gasteiger partial charge in [0, 0.05) is 43.9 Å². The molecule has 8 rings (SSSR count). The highest BCUT2D eigenvalue weighted by molar-refractivity contribution is 5.56. The van der Waals surface area contributed by atoms with Gasteiger partial charge in [-0.15, -0.1) is 15.3 Å². The average molecular weight is 499 g/mol. The number of aryl methyl sites for hydroxylation is 1. The first kappa shape index (κ1) is 22.2. The van der Waals surface area contributed by atoms with Crippen LogP contribution in [0.15, 0.2) is 28.8 Å². The highest BCUT2D eigenvalue weighted by Crippen LogP contribution is 2.73. The lowest BCUT2D eigenvalue weighted by Crippen LogP contribution is -2.65. The van der Waals surface area contributed by atoms with Crippen LogP contribution in [0.25, 0.3) is 17.2 Å². The molecule has 188 valence electrons. The highest BCUT2D eigenvalue weighted by Gasteiger charge is 2.68. The minimum Gasteiger partial charge on any atom is -0.491 e. The Hall–Kier alpha value is -4.04. The Morgan fingerprint density at radius 2 is 2.05 bits per heavy atom. The topological polar surface area (TPSA) is 127 Å². The monoisotopic (exact) mass is 498 g/mol. The molecule has 4 aliphatic rings. The molecule has 3 aliphatic carbocycles. The zero-order chi connectivity index (χ0) is 25.2. The first-order chi connectivity index (χ1) is 18.0. The van der Waals surface area contributed by atoms with E-state index < -0.39 is 0 Å². The van der Waals surface area contributed by atoms with Crippen LogP contribution in [-0.2, 0) is 19.6 Å². The summed E-state index contributed by atoms with van der Waals surface area (Å²) in [6, 6.07) is 10.2. The van der Waals surface area contributed by atoms with Gasteiger partial charge in [-0.1, -0.05) is 11.2 Å². The molecule has 4 aromatic heterocycles.